The molecule has 0 unspecified atom stereocenters. The standard InChI is InChI=1S/C22H28N4O3.2C15H23NO4.2C14H21NO4.C9H8O3.B.W/c1-28-13-11-26(12-14-29-2)16-17-7-9-18(10-8-17)22(27)23-15-21-24-19-5-3-4-6-20(19)25-21;2*1-18-10-8-16(9-11-19-2)12-13-4-6-14(7-5-13)15(17)20-3;2*1-18-9-7-15(8-10-19-2)11-12-3-5-13(6-4-12)14(16)17;1-12-9(11)8-4-2-7(6-10)3-5-8;;/h3-10H,11-16H2,1-2H3,(H,23,27)(H,24,25);2*4-7H,8-12H2,1-3H3;2*3-6H,7-11H2,1-2H3,(H,16,17);2-6H,1H3;;. The van der Waals surface area contributed by atoms with Crippen LogP contribution in [0.3, 0.4) is 0 Å². The Morgan fingerprint density at radius 1 is 0.339 bits per heavy atom. The van der Waals surface area contributed by atoms with Crippen LogP contribution >= 0.6 is 0 Å². The number of imidazole rings is 1. The van der Waals surface area contributed by atoms with Crippen molar-refractivity contribution in [1.29, 1.82) is 0 Å². The number of esters is 3. The molecule has 661 valence electrons. The number of hydrogen-bond donors (Lipinski definition) is 4. The van der Waals surface area contributed by atoms with Gasteiger partial charge in [-0.25, -0.2) is 29.0 Å². The predicted molar refractivity (Wildman–Crippen MR) is 460 cm³/mol. The number of H-pyrrole nitrogens is 1. The van der Waals surface area contributed by atoms with Crippen molar-refractivity contribution in [2.45, 2.75) is 39.3 Å². The van der Waals surface area contributed by atoms with Crippen LogP contribution in [0.1, 0.15) is 106 Å². The molecule has 0 fully saturated rings. The minimum atomic E-state index is -0.901. The number of fused-ring (bicyclic) bond motifs is 1. The number of aldehydes is 1. The van der Waals surface area contributed by atoms with Crippen LogP contribution in [0.25, 0.3) is 11.0 Å². The Labute approximate surface area is 729 Å². The number of benzene rings is 7. The molecule has 30 nitrogen and oxygen atoms in total. The molecule has 3 radical (unpaired) electrons. The number of nitrogens with one attached hydrogen (secondary N) is 2. The maximum absolute atomic E-state index is 12.5. The van der Waals surface area contributed by atoms with E-state index in [-0.39, 0.29) is 47.3 Å². The fraction of sp³-hybridized carbons (Fsp3) is 0.438. The van der Waals surface area contributed by atoms with Crippen molar-refractivity contribution in [3.63, 3.8) is 0 Å². The Balaban J connectivity index is 0.000000735. The Morgan fingerprint density at radius 2 is 0.570 bits per heavy atom. The van der Waals surface area contributed by atoms with Gasteiger partial charge in [-0.1, -0.05) is 84.9 Å². The van der Waals surface area contributed by atoms with Gasteiger partial charge in [0, 0.05) is 210 Å². The Morgan fingerprint density at radius 3 is 0.793 bits per heavy atom. The summed E-state index contributed by atoms with van der Waals surface area (Å²) < 4.78 is 65.0. The Bertz CT molecular complexity index is 3840. The molecule has 0 aliphatic rings. The molecule has 0 aliphatic carbocycles. The van der Waals surface area contributed by atoms with Crippen LogP contribution < -0.4 is 5.32 Å². The maximum Gasteiger partial charge on any atom is 0.337 e. The summed E-state index contributed by atoms with van der Waals surface area (Å²) in [4.78, 5) is 96.8. The van der Waals surface area contributed by atoms with E-state index in [0.717, 1.165) is 149 Å². The minimum Gasteiger partial charge on any atom is -0.478 e. The molecule has 1 amide bonds. The number of methoxy groups -OCH3 is 13. The van der Waals surface area contributed by atoms with Gasteiger partial charge in [-0.05, 0) is 113 Å². The van der Waals surface area contributed by atoms with Crippen LogP contribution in [-0.2, 0) is 122 Å². The second kappa shape index (κ2) is 68.2. The summed E-state index contributed by atoms with van der Waals surface area (Å²) in [6.07, 6.45) is 0.723. The molecule has 32 heteroatoms. The quantitative estimate of drug-likeness (QED) is 0.0119. The summed E-state index contributed by atoms with van der Waals surface area (Å²) in [6.45, 7) is 19.3. The van der Waals surface area contributed by atoms with Crippen molar-refractivity contribution in [1.82, 2.24) is 39.8 Å². The van der Waals surface area contributed by atoms with E-state index < -0.39 is 17.9 Å². The fourth-order valence-electron chi connectivity index (χ4n) is 11.0. The van der Waals surface area contributed by atoms with Crippen molar-refractivity contribution in [2.24, 2.45) is 0 Å². The number of aromatic amines is 1. The van der Waals surface area contributed by atoms with Gasteiger partial charge in [-0.15, -0.1) is 0 Å². The number of ether oxygens (including phenoxy) is 13. The van der Waals surface area contributed by atoms with Gasteiger partial charge in [-0.3, -0.25) is 34.1 Å². The number of rotatable bonds is 49. The average Bonchev–Trinajstić information content (AvgIpc) is 1.67. The maximum atomic E-state index is 12.5. The zero-order chi connectivity index (χ0) is 87.2. The molecule has 8 aromatic rings. The van der Waals surface area contributed by atoms with Crippen LogP contribution in [0.2, 0.25) is 0 Å². The summed E-state index contributed by atoms with van der Waals surface area (Å²) in [5.41, 5.74) is 10.8. The fourth-order valence-corrected chi connectivity index (χ4v) is 11.0. The molecule has 8 rings (SSSR count). The molecule has 1 heterocycles. The summed E-state index contributed by atoms with van der Waals surface area (Å²) in [7, 11) is 21.0. The number of carboxylic acids is 2. The molecule has 0 atom stereocenters. The van der Waals surface area contributed by atoms with E-state index in [1.165, 1.54) is 21.3 Å². The van der Waals surface area contributed by atoms with Crippen LogP contribution in [0.15, 0.2) is 170 Å². The first-order chi connectivity index (χ1) is 57.7. The Kier molecular flexibility index (Phi) is 61.8. The molecular weight excluding hydrogens is 1730 g/mol. The number of carboxylic acid groups (broad SMARTS) is 2. The van der Waals surface area contributed by atoms with E-state index in [9.17, 15) is 33.6 Å². The smallest absolute Gasteiger partial charge is 0.337 e. The predicted octanol–water partition coefficient (Wildman–Crippen LogP) is 9.59. The van der Waals surface area contributed by atoms with E-state index in [2.05, 4.69) is 54.0 Å². The van der Waals surface area contributed by atoms with Crippen molar-refractivity contribution in [3.05, 3.63) is 242 Å². The van der Waals surface area contributed by atoms with Gasteiger partial charge < -0.3 is 82.1 Å². The van der Waals surface area contributed by atoms with Crippen molar-refractivity contribution < 1.29 is 126 Å². The molecule has 0 spiro atoms. The van der Waals surface area contributed by atoms with E-state index in [0.29, 0.717) is 112 Å². The zero-order valence-corrected chi connectivity index (χ0v) is 75.3. The first-order valence-corrected chi connectivity index (χ1v) is 38.7. The molecule has 121 heavy (non-hydrogen) atoms. The van der Waals surface area contributed by atoms with Gasteiger partial charge in [0.25, 0.3) is 5.91 Å². The SMILES string of the molecule is COC(=O)c1ccc(C=O)cc1.COCCN(CCOC)Cc1ccc(C(=O)NCc2nc3ccccc3[nH]2)cc1.COCCN(CCOC)Cc1ccc(C(=O)O)cc1.COCCN(CCOC)Cc1ccc(C(=O)O)cc1.COCCN(CCOC)Cc1ccc(C(=O)OC)cc1.COCCN(CCOC)Cc1ccc(C(=O)OC)cc1.[B].[W]. The van der Waals surface area contributed by atoms with Crippen LogP contribution in [-0.4, -0.2) is 319 Å². The third-order valence-electron chi connectivity index (χ3n) is 17.8. The summed E-state index contributed by atoms with van der Waals surface area (Å²) >= 11 is 0. The summed E-state index contributed by atoms with van der Waals surface area (Å²) in [5, 5.41) is 20.6. The summed E-state index contributed by atoms with van der Waals surface area (Å²) in [5.74, 6) is -2.20. The topological polar surface area (TPSA) is 337 Å². The van der Waals surface area contributed by atoms with Crippen LogP contribution in [0.5, 0.6) is 0 Å². The van der Waals surface area contributed by atoms with Gasteiger partial charge in [0.15, 0.2) is 0 Å². The molecule has 4 N–H and O–H groups in total. The van der Waals surface area contributed by atoms with Gasteiger partial charge in [0.1, 0.15) is 12.1 Å². The van der Waals surface area contributed by atoms with Crippen molar-refractivity contribution in [3.8, 4) is 0 Å². The first-order valence-electron chi connectivity index (χ1n) is 38.7. The van der Waals surface area contributed by atoms with Crippen LogP contribution in [0.4, 0.5) is 0 Å². The van der Waals surface area contributed by atoms with Crippen molar-refractivity contribution in [2.75, 3.05) is 224 Å². The second-order valence-electron chi connectivity index (χ2n) is 26.5. The third-order valence-corrected chi connectivity index (χ3v) is 17.8. The van der Waals surface area contributed by atoms with Gasteiger partial charge in [-0.2, -0.15) is 0 Å². The van der Waals surface area contributed by atoms with E-state index in [1.807, 2.05) is 97.1 Å². The third kappa shape index (κ3) is 47.0. The number of carbonyl (C=O) groups excluding carboxylic acids is 5. The second-order valence-corrected chi connectivity index (χ2v) is 26.5. The molecule has 7 aromatic carbocycles. The van der Waals surface area contributed by atoms with Crippen LogP contribution in [0, 0.1) is 0 Å². The number of hydrogen-bond acceptors (Lipinski definition) is 26. The first kappa shape index (κ1) is 110. The van der Waals surface area contributed by atoms with E-state index >= 15 is 0 Å². The average molecular weight is 1850 g/mol. The molecule has 0 aliphatic heterocycles. The number of nitrogens with zero attached hydrogens (tertiary/aromatic N) is 6. The van der Waals surface area contributed by atoms with E-state index in [1.54, 1.807) is 144 Å². The molecule has 0 bridgehead atoms. The zero-order valence-electron chi connectivity index (χ0n) is 72.4. The number of carbonyl (C=O) groups is 7. The number of aromatic nitrogens is 2. The molecule has 1 aromatic heterocycles. The number of aromatic carboxylic acids is 2. The number of para-hydroxylation sites is 2. The van der Waals surface area contributed by atoms with E-state index in [4.69, 9.17) is 57.6 Å². The Hall–Kier alpha value is -9.35. The minimum absolute atomic E-state index is 0. The molecule has 0 saturated carbocycles. The molecular formula is C89H124BN8O22W. The summed E-state index contributed by atoms with van der Waals surface area (Å²) in [6, 6.07) is 50.5. The monoisotopic (exact) mass is 1850 g/mol. The van der Waals surface area contributed by atoms with Gasteiger partial charge >= 0.3 is 29.8 Å². The van der Waals surface area contributed by atoms with Crippen molar-refractivity contribution >= 4 is 61.5 Å². The number of amides is 1. The normalized spacial score (nSPS) is 10.6. The molecule has 0 saturated heterocycles. The van der Waals surface area contributed by atoms with Gasteiger partial charge in [0.05, 0.1) is 133 Å². The van der Waals surface area contributed by atoms with Gasteiger partial charge in [0.2, 0.25) is 0 Å². The largest absolute Gasteiger partial charge is 0.478 e.